The van der Waals surface area contributed by atoms with E-state index in [1.807, 2.05) is 24.3 Å². The van der Waals surface area contributed by atoms with E-state index in [9.17, 15) is 0 Å². The Morgan fingerprint density at radius 2 is 2.07 bits per heavy atom. The molecule has 1 aromatic carbocycles. The predicted octanol–water partition coefficient (Wildman–Crippen LogP) is 1.98. The number of benzene rings is 1. The molecule has 0 fully saturated rings. The highest BCUT2D eigenvalue weighted by atomic mass is 35.5. The third kappa shape index (κ3) is 3.66. The molecule has 0 unspecified atom stereocenters. The molecule has 3 heteroatoms. The first-order valence-electron chi connectivity index (χ1n) is 4.84. The lowest BCUT2D eigenvalue weighted by Crippen LogP contribution is -2.24. The van der Waals surface area contributed by atoms with Crippen LogP contribution >= 0.6 is 11.6 Å². The Labute approximate surface area is 89.7 Å². The second kappa shape index (κ2) is 6.02. The number of aliphatic hydroxyl groups is 1. The molecule has 3 N–H and O–H groups in total. The van der Waals surface area contributed by atoms with Crippen molar-refractivity contribution in [1.82, 2.24) is 0 Å². The van der Waals surface area contributed by atoms with Crippen molar-refractivity contribution in [2.24, 2.45) is 5.73 Å². The van der Waals surface area contributed by atoms with Gasteiger partial charge < -0.3 is 10.8 Å². The van der Waals surface area contributed by atoms with Gasteiger partial charge in [-0.25, -0.2) is 0 Å². The summed E-state index contributed by atoms with van der Waals surface area (Å²) in [4.78, 5) is 0. The van der Waals surface area contributed by atoms with Crippen LogP contribution in [0.2, 0.25) is 5.02 Å². The Hall–Kier alpha value is -0.570. The molecule has 0 aliphatic heterocycles. The Bertz CT molecular complexity index is 278. The number of hydrogen-bond donors (Lipinski definition) is 2. The molecule has 14 heavy (non-hydrogen) atoms. The first-order valence-corrected chi connectivity index (χ1v) is 5.21. The second-order valence-corrected chi connectivity index (χ2v) is 3.83. The Morgan fingerprint density at radius 3 is 2.71 bits per heavy atom. The van der Waals surface area contributed by atoms with Gasteiger partial charge in [-0.05, 0) is 30.9 Å². The fourth-order valence-corrected chi connectivity index (χ4v) is 1.58. The quantitative estimate of drug-likeness (QED) is 0.786. The lowest BCUT2D eigenvalue weighted by atomic mass is 10.1. The fourth-order valence-electron chi connectivity index (χ4n) is 1.35. The summed E-state index contributed by atoms with van der Waals surface area (Å²) in [6.07, 6.45) is 2.72. The molecule has 0 aliphatic carbocycles. The second-order valence-electron chi connectivity index (χ2n) is 3.43. The van der Waals surface area contributed by atoms with Gasteiger partial charge in [-0.1, -0.05) is 29.8 Å². The summed E-state index contributed by atoms with van der Waals surface area (Å²) >= 11 is 5.99. The zero-order valence-corrected chi connectivity index (χ0v) is 8.87. The van der Waals surface area contributed by atoms with Gasteiger partial charge in [0, 0.05) is 11.1 Å². The van der Waals surface area contributed by atoms with Crippen LogP contribution in [-0.2, 0) is 6.42 Å². The number of hydrogen-bond acceptors (Lipinski definition) is 2. The van der Waals surface area contributed by atoms with E-state index in [0.29, 0.717) is 0 Å². The van der Waals surface area contributed by atoms with E-state index < -0.39 is 0 Å². The van der Waals surface area contributed by atoms with Crippen molar-refractivity contribution in [2.45, 2.75) is 25.3 Å². The maximum absolute atomic E-state index is 8.74. The Kier molecular flexibility index (Phi) is 4.94. The Morgan fingerprint density at radius 1 is 1.36 bits per heavy atom. The summed E-state index contributed by atoms with van der Waals surface area (Å²) < 4.78 is 0. The van der Waals surface area contributed by atoms with Gasteiger partial charge in [0.25, 0.3) is 0 Å². The summed E-state index contributed by atoms with van der Waals surface area (Å²) in [7, 11) is 0. The van der Waals surface area contributed by atoms with Gasteiger partial charge in [0.15, 0.2) is 0 Å². The van der Waals surface area contributed by atoms with Crippen LogP contribution in [-0.4, -0.2) is 17.8 Å². The molecule has 1 rings (SSSR count). The molecule has 1 atom stereocenters. The van der Waals surface area contributed by atoms with Crippen LogP contribution in [0.4, 0.5) is 0 Å². The van der Waals surface area contributed by atoms with Gasteiger partial charge >= 0.3 is 0 Å². The van der Waals surface area contributed by atoms with Gasteiger partial charge in [-0.3, -0.25) is 0 Å². The van der Waals surface area contributed by atoms with Crippen molar-refractivity contribution in [3.05, 3.63) is 34.9 Å². The van der Waals surface area contributed by atoms with Crippen LogP contribution in [0, 0.1) is 0 Å². The average molecular weight is 214 g/mol. The van der Waals surface area contributed by atoms with Gasteiger partial charge in [0.2, 0.25) is 0 Å². The van der Waals surface area contributed by atoms with Crippen molar-refractivity contribution < 1.29 is 5.11 Å². The van der Waals surface area contributed by atoms with Crippen LogP contribution in [0.1, 0.15) is 18.4 Å². The summed E-state index contributed by atoms with van der Waals surface area (Å²) in [5.74, 6) is 0. The van der Waals surface area contributed by atoms with E-state index >= 15 is 0 Å². The summed E-state index contributed by atoms with van der Waals surface area (Å²) in [5.41, 5.74) is 6.74. The van der Waals surface area contributed by atoms with Crippen LogP contribution < -0.4 is 5.73 Å². The molecule has 0 saturated heterocycles. The van der Waals surface area contributed by atoms with E-state index in [2.05, 4.69) is 0 Å². The standard InChI is InChI=1S/C11H16ClNO/c12-11-7-2-1-4-9(11)5-3-6-10(13)8-14/h1-2,4,7,10,14H,3,5-6,8,13H2/t10-/m0/s1. The molecule has 1 aromatic rings. The maximum Gasteiger partial charge on any atom is 0.0582 e. The lowest BCUT2D eigenvalue weighted by Gasteiger charge is -2.08. The summed E-state index contributed by atoms with van der Waals surface area (Å²) in [6.45, 7) is 0.0581. The fraction of sp³-hybridized carbons (Fsp3) is 0.455. The zero-order chi connectivity index (χ0) is 10.4. The molecule has 0 amide bonds. The van der Waals surface area contributed by atoms with Crippen molar-refractivity contribution in [1.29, 1.82) is 0 Å². The average Bonchev–Trinajstić information content (AvgIpc) is 2.20. The van der Waals surface area contributed by atoms with E-state index in [1.54, 1.807) is 0 Å². The normalized spacial score (nSPS) is 12.8. The molecular weight excluding hydrogens is 198 g/mol. The first kappa shape index (κ1) is 11.5. The van der Waals surface area contributed by atoms with Crippen LogP contribution in [0.5, 0.6) is 0 Å². The predicted molar refractivity (Wildman–Crippen MR) is 59.5 cm³/mol. The van der Waals surface area contributed by atoms with Gasteiger partial charge in [-0.15, -0.1) is 0 Å². The minimum atomic E-state index is -0.0995. The zero-order valence-electron chi connectivity index (χ0n) is 8.12. The third-order valence-electron chi connectivity index (χ3n) is 2.21. The number of aryl methyl sites for hydroxylation is 1. The molecule has 0 spiro atoms. The molecular formula is C11H16ClNO. The topological polar surface area (TPSA) is 46.2 Å². The van der Waals surface area contributed by atoms with E-state index in [1.165, 1.54) is 0 Å². The van der Waals surface area contributed by atoms with Crippen molar-refractivity contribution in [3.8, 4) is 0 Å². The largest absolute Gasteiger partial charge is 0.395 e. The Balaban J connectivity index is 2.35. The van der Waals surface area contributed by atoms with Crippen LogP contribution in [0.15, 0.2) is 24.3 Å². The lowest BCUT2D eigenvalue weighted by molar-refractivity contribution is 0.258. The molecule has 0 aromatic heterocycles. The summed E-state index contributed by atoms with van der Waals surface area (Å²) in [5, 5.41) is 9.55. The van der Waals surface area contributed by atoms with E-state index in [-0.39, 0.29) is 12.6 Å². The number of nitrogens with two attached hydrogens (primary N) is 1. The molecule has 0 bridgehead atoms. The minimum Gasteiger partial charge on any atom is -0.395 e. The maximum atomic E-state index is 8.74. The number of halogens is 1. The monoisotopic (exact) mass is 213 g/mol. The SMILES string of the molecule is N[C@H](CO)CCCc1ccccc1Cl. The van der Waals surface area contributed by atoms with E-state index in [4.69, 9.17) is 22.4 Å². The minimum absolute atomic E-state index is 0.0581. The number of rotatable bonds is 5. The summed E-state index contributed by atoms with van der Waals surface area (Å²) in [6, 6.07) is 7.71. The van der Waals surface area contributed by atoms with E-state index in [0.717, 1.165) is 29.8 Å². The number of aliphatic hydroxyl groups excluding tert-OH is 1. The van der Waals surface area contributed by atoms with Gasteiger partial charge in [-0.2, -0.15) is 0 Å². The van der Waals surface area contributed by atoms with Gasteiger partial charge in [0.1, 0.15) is 0 Å². The highest BCUT2D eigenvalue weighted by Gasteiger charge is 2.02. The molecule has 0 saturated carbocycles. The molecule has 0 aliphatic rings. The van der Waals surface area contributed by atoms with Crippen molar-refractivity contribution in [3.63, 3.8) is 0 Å². The molecule has 2 nitrogen and oxygen atoms in total. The first-order chi connectivity index (χ1) is 6.74. The third-order valence-corrected chi connectivity index (χ3v) is 2.58. The van der Waals surface area contributed by atoms with Gasteiger partial charge in [0.05, 0.1) is 6.61 Å². The van der Waals surface area contributed by atoms with Crippen molar-refractivity contribution >= 4 is 11.6 Å². The molecule has 78 valence electrons. The highest BCUT2D eigenvalue weighted by Crippen LogP contribution is 2.17. The van der Waals surface area contributed by atoms with Crippen molar-refractivity contribution in [2.75, 3.05) is 6.61 Å². The molecule has 0 radical (unpaired) electrons. The van der Waals surface area contributed by atoms with Crippen LogP contribution in [0.3, 0.4) is 0 Å². The molecule has 0 heterocycles. The highest BCUT2D eigenvalue weighted by molar-refractivity contribution is 6.31. The smallest absolute Gasteiger partial charge is 0.0582 e. The van der Waals surface area contributed by atoms with Crippen LogP contribution in [0.25, 0.3) is 0 Å².